The minimum Gasteiger partial charge on any atom is -0.256 e. The van der Waals surface area contributed by atoms with E-state index in [9.17, 15) is 0 Å². The van der Waals surface area contributed by atoms with Crippen molar-refractivity contribution in [2.24, 2.45) is 0 Å². The summed E-state index contributed by atoms with van der Waals surface area (Å²) in [4.78, 5) is 20.8. The maximum Gasteiger partial charge on any atom is 0.0797 e. The zero-order valence-electron chi connectivity index (χ0n) is 25.6. The van der Waals surface area contributed by atoms with Crippen LogP contribution in [0.3, 0.4) is 0 Å². The molecule has 0 unspecified atom stereocenters. The third kappa shape index (κ3) is 5.08. The molecule has 226 valence electrons. The average molecular weight is 651 g/mol. The highest BCUT2D eigenvalue weighted by Crippen LogP contribution is 2.45. The number of rotatable bonds is 6. The molecule has 0 amide bonds. The number of nitrogens with zero attached hydrogens (tertiary/aromatic N) is 4. The van der Waals surface area contributed by atoms with E-state index >= 15 is 0 Å². The number of aromatic nitrogens is 4. The largest absolute Gasteiger partial charge is 0.256 e. The van der Waals surface area contributed by atoms with Crippen molar-refractivity contribution in [2.75, 3.05) is 0 Å². The van der Waals surface area contributed by atoms with Gasteiger partial charge in [-0.2, -0.15) is 0 Å². The van der Waals surface area contributed by atoms with Gasteiger partial charge in [0.15, 0.2) is 0 Å². The molecule has 48 heavy (non-hydrogen) atoms. The van der Waals surface area contributed by atoms with Crippen LogP contribution >= 0.6 is 22.7 Å². The van der Waals surface area contributed by atoms with Crippen molar-refractivity contribution in [2.45, 2.75) is 0 Å². The van der Waals surface area contributed by atoms with E-state index in [0.29, 0.717) is 0 Å². The van der Waals surface area contributed by atoms with Crippen molar-refractivity contribution >= 4 is 44.2 Å². The Hall–Kier alpha value is -5.82. The van der Waals surface area contributed by atoms with E-state index in [2.05, 4.69) is 131 Å². The Labute approximate surface area is 285 Å². The molecule has 5 aromatic carbocycles. The van der Waals surface area contributed by atoms with E-state index in [1.54, 1.807) is 22.7 Å². The topological polar surface area (TPSA) is 51.6 Å². The maximum atomic E-state index is 4.99. The lowest BCUT2D eigenvalue weighted by atomic mass is 9.86. The first-order valence-electron chi connectivity index (χ1n) is 15.6. The van der Waals surface area contributed by atoms with Crippen LogP contribution in [0.2, 0.25) is 0 Å². The standard InChI is InChI=1S/C42H26N4S2/c1-2-7-27(8-3-1)28-9-6-10-29(19-28)30-13-14-35-36(20-30)42(38-22-32(16-18-46-38)40-24-44-26-48-40)34-12-5-4-11-33(34)41(35)37-21-31(15-17-45-37)39-23-43-25-47-39/h1-26H. The van der Waals surface area contributed by atoms with Gasteiger partial charge >= 0.3 is 0 Å². The Morgan fingerprint density at radius 3 is 1.50 bits per heavy atom. The smallest absolute Gasteiger partial charge is 0.0797 e. The molecule has 0 atom stereocenters. The molecule has 0 aliphatic carbocycles. The maximum absolute atomic E-state index is 4.99. The quantitative estimate of drug-likeness (QED) is 0.168. The molecular weight excluding hydrogens is 625 g/mol. The molecule has 0 radical (unpaired) electrons. The molecule has 9 aromatic rings. The monoisotopic (exact) mass is 650 g/mol. The molecule has 9 rings (SSSR count). The predicted octanol–water partition coefficient (Wildman–Crippen LogP) is 11.7. The van der Waals surface area contributed by atoms with Gasteiger partial charge in [0.25, 0.3) is 0 Å². The zero-order valence-corrected chi connectivity index (χ0v) is 27.2. The second-order valence-corrected chi connectivity index (χ2v) is 13.4. The second-order valence-electron chi connectivity index (χ2n) is 11.6. The highest BCUT2D eigenvalue weighted by atomic mass is 32.1. The lowest BCUT2D eigenvalue weighted by Crippen LogP contribution is -1.95. The Morgan fingerprint density at radius 1 is 0.375 bits per heavy atom. The minimum absolute atomic E-state index is 0.926. The summed E-state index contributed by atoms with van der Waals surface area (Å²) >= 11 is 3.27. The first-order valence-corrected chi connectivity index (χ1v) is 17.4. The van der Waals surface area contributed by atoms with Gasteiger partial charge in [-0.05, 0) is 91.3 Å². The van der Waals surface area contributed by atoms with Crippen LogP contribution in [0, 0.1) is 0 Å². The minimum atomic E-state index is 0.926. The van der Waals surface area contributed by atoms with Crippen molar-refractivity contribution in [3.05, 3.63) is 157 Å². The normalized spacial score (nSPS) is 11.3. The number of pyridine rings is 2. The number of fused-ring (bicyclic) bond motifs is 2. The molecule has 0 aliphatic rings. The van der Waals surface area contributed by atoms with Crippen LogP contribution in [0.5, 0.6) is 0 Å². The Bertz CT molecular complexity index is 2560. The fraction of sp³-hybridized carbons (Fsp3) is 0. The summed E-state index contributed by atoms with van der Waals surface area (Å²) in [6.45, 7) is 0. The van der Waals surface area contributed by atoms with Gasteiger partial charge < -0.3 is 0 Å². The van der Waals surface area contributed by atoms with Crippen LogP contribution in [-0.4, -0.2) is 19.9 Å². The molecule has 0 saturated heterocycles. The van der Waals surface area contributed by atoms with Crippen molar-refractivity contribution in [1.29, 1.82) is 0 Å². The fourth-order valence-electron chi connectivity index (χ4n) is 6.58. The summed E-state index contributed by atoms with van der Waals surface area (Å²) in [5, 5.41) is 4.53. The van der Waals surface area contributed by atoms with E-state index in [1.807, 2.05) is 35.8 Å². The van der Waals surface area contributed by atoms with Crippen LogP contribution in [-0.2, 0) is 0 Å². The van der Waals surface area contributed by atoms with Crippen LogP contribution in [0.15, 0.2) is 157 Å². The molecule has 0 aliphatic heterocycles. The number of hydrogen-bond acceptors (Lipinski definition) is 6. The molecule has 0 N–H and O–H groups in total. The Kier molecular flexibility index (Phi) is 7.15. The SMILES string of the molecule is c1ccc(-c2cccc(-c3ccc4c(-c5cc(-c6cncs6)ccn5)c5ccccc5c(-c5cc(-c6cncs6)ccn5)c4c3)c2)cc1. The molecular formula is C42H26N4S2. The Balaban J connectivity index is 1.33. The van der Waals surface area contributed by atoms with Gasteiger partial charge in [0.2, 0.25) is 0 Å². The number of thiazole rings is 2. The average Bonchev–Trinajstić information content (AvgIpc) is 3.90. The van der Waals surface area contributed by atoms with E-state index in [4.69, 9.17) is 9.97 Å². The first-order chi connectivity index (χ1) is 23.8. The van der Waals surface area contributed by atoms with Gasteiger partial charge in [0, 0.05) is 35.9 Å². The molecule has 4 nitrogen and oxygen atoms in total. The first kappa shape index (κ1) is 28.4. The van der Waals surface area contributed by atoms with Crippen molar-refractivity contribution < 1.29 is 0 Å². The van der Waals surface area contributed by atoms with E-state index < -0.39 is 0 Å². The lowest BCUT2D eigenvalue weighted by molar-refractivity contribution is 1.33. The molecule has 6 heteroatoms. The summed E-state index contributed by atoms with van der Waals surface area (Å²) in [7, 11) is 0. The number of hydrogen-bond donors (Lipinski definition) is 0. The van der Waals surface area contributed by atoms with Crippen LogP contribution in [0.1, 0.15) is 0 Å². The summed E-state index contributed by atoms with van der Waals surface area (Å²) in [6.07, 6.45) is 7.65. The van der Waals surface area contributed by atoms with Gasteiger partial charge in [-0.15, -0.1) is 22.7 Å². The summed E-state index contributed by atoms with van der Waals surface area (Å²) in [5.74, 6) is 0. The second kappa shape index (κ2) is 12.1. The predicted molar refractivity (Wildman–Crippen MR) is 201 cm³/mol. The highest BCUT2D eigenvalue weighted by Gasteiger charge is 2.20. The van der Waals surface area contributed by atoms with Crippen LogP contribution in [0.4, 0.5) is 0 Å². The van der Waals surface area contributed by atoms with Crippen molar-refractivity contribution in [3.8, 4) is 65.6 Å². The molecule has 0 saturated carbocycles. The fourth-order valence-corrected chi connectivity index (χ4v) is 7.82. The Morgan fingerprint density at radius 2 is 0.896 bits per heavy atom. The van der Waals surface area contributed by atoms with Crippen LogP contribution < -0.4 is 0 Å². The molecule has 0 fully saturated rings. The van der Waals surface area contributed by atoms with Gasteiger partial charge in [-0.3, -0.25) is 19.9 Å². The molecule has 0 spiro atoms. The van der Waals surface area contributed by atoms with Gasteiger partial charge in [-0.25, -0.2) is 0 Å². The van der Waals surface area contributed by atoms with Crippen molar-refractivity contribution in [1.82, 2.24) is 19.9 Å². The number of benzene rings is 5. The van der Waals surface area contributed by atoms with E-state index in [-0.39, 0.29) is 0 Å². The van der Waals surface area contributed by atoms with E-state index in [1.165, 1.54) is 11.1 Å². The summed E-state index contributed by atoms with van der Waals surface area (Å²) in [6, 6.07) is 43.3. The van der Waals surface area contributed by atoms with Gasteiger partial charge in [0.05, 0.1) is 32.2 Å². The summed E-state index contributed by atoms with van der Waals surface area (Å²) in [5.41, 5.74) is 14.7. The molecule has 4 heterocycles. The highest BCUT2D eigenvalue weighted by molar-refractivity contribution is 7.13. The van der Waals surface area contributed by atoms with Crippen molar-refractivity contribution in [3.63, 3.8) is 0 Å². The van der Waals surface area contributed by atoms with Crippen LogP contribution in [0.25, 0.3) is 87.2 Å². The summed E-state index contributed by atoms with van der Waals surface area (Å²) < 4.78 is 0. The third-order valence-corrected chi connectivity index (χ3v) is 10.4. The molecule has 4 aromatic heterocycles. The van der Waals surface area contributed by atoms with E-state index in [0.717, 1.165) is 76.1 Å². The van der Waals surface area contributed by atoms with Gasteiger partial charge in [-0.1, -0.05) is 84.9 Å². The lowest BCUT2D eigenvalue weighted by Gasteiger charge is -2.18. The third-order valence-electron chi connectivity index (χ3n) is 8.79. The zero-order chi connectivity index (χ0) is 31.9. The molecule has 0 bridgehead atoms. The van der Waals surface area contributed by atoms with Gasteiger partial charge in [0.1, 0.15) is 0 Å².